The summed E-state index contributed by atoms with van der Waals surface area (Å²) in [5.41, 5.74) is 1.84. The van der Waals surface area contributed by atoms with E-state index < -0.39 is 11.8 Å². The second-order valence-corrected chi connectivity index (χ2v) is 6.34. The van der Waals surface area contributed by atoms with Crippen molar-refractivity contribution in [3.8, 4) is 0 Å². The van der Waals surface area contributed by atoms with E-state index in [1.807, 2.05) is 0 Å². The van der Waals surface area contributed by atoms with E-state index in [1.165, 1.54) is 13.8 Å². The number of benzene rings is 2. The van der Waals surface area contributed by atoms with Crippen molar-refractivity contribution >= 4 is 40.5 Å². The second-order valence-electron chi connectivity index (χ2n) is 6.34. The van der Waals surface area contributed by atoms with Gasteiger partial charge in [-0.05, 0) is 62.4 Å². The molecule has 28 heavy (non-hydrogen) atoms. The third-order valence-corrected chi connectivity index (χ3v) is 3.68. The Bertz CT molecular complexity index is 839. The Morgan fingerprint density at radius 2 is 0.929 bits per heavy atom. The Morgan fingerprint density at radius 1 is 0.607 bits per heavy atom. The van der Waals surface area contributed by atoms with Crippen LogP contribution in [0.5, 0.6) is 0 Å². The summed E-state index contributed by atoms with van der Waals surface area (Å²) in [4.78, 5) is 57.6. The van der Waals surface area contributed by atoms with Crippen molar-refractivity contribution in [1.82, 2.24) is 0 Å². The summed E-state index contributed by atoms with van der Waals surface area (Å²) < 4.78 is 0. The predicted molar refractivity (Wildman–Crippen MR) is 104 cm³/mol. The standard InChI is InChI=1S/C21H20N2O5/c1-13(24)11-19(26)22-17-7-3-15(4-8-17)21(28)16-5-9-18(10-6-16)23-20(27)12-14(2)25/h3-10H,11-12H2,1-2H3,(H,22,26)(H,23,27). The van der Waals surface area contributed by atoms with Crippen LogP contribution in [0.15, 0.2) is 48.5 Å². The molecule has 2 aromatic carbocycles. The van der Waals surface area contributed by atoms with Crippen LogP contribution >= 0.6 is 0 Å². The first-order valence-electron chi connectivity index (χ1n) is 8.58. The van der Waals surface area contributed by atoms with Gasteiger partial charge >= 0.3 is 0 Å². The molecule has 0 spiro atoms. The Balaban J connectivity index is 2.01. The number of hydrogen-bond acceptors (Lipinski definition) is 5. The van der Waals surface area contributed by atoms with Crippen molar-refractivity contribution < 1.29 is 24.0 Å². The van der Waals surface area contributed by atoms with Gasteiger partial charge in [-0.1, -0.05) is 0 Å². The van der Waals surface area contributed by atoms with Gasteiger partial charge in [-0.3, -0.25) is 24.0 Å². The Hall–Kier alpha value is -3.61. The summed E-state index contributed by atoms with van der Waals surface area (Å²) in [5.74, 6) is -1.50. The average Bonchev–Trinajstić information content (AvgIpc) is 2.61. The molecule has 0 aliphatic carbocycles. The maximum Gasteiger partial charge on any atom is 0.231 e. The Labute approximate surface area is 162 Å². The van der Waals surface area contributed by atoms with Crippen LogP contribution in [0, 0.1) is 0 Å². The molecule has 7 nitrogen and oxygen atoms in total. The van der Waals surface area contributed by atoms with Gasteiger partial charge in [-0.25, -0.2) is 0 Å². The van der Waals surface area contributed by atoms with Crippen LogP contribution in [-0.2, 0) is 19.2 Å². The molecule has 7 heteroatoms. The van der Waals surface area contributed by atoms with E-state index >= 15 is 0 Å². The van der Waals surface area contributed by atoms with Crippen LogP contribution in [0.1, 0.15) is 42.6 Å². The normalized spacial score (nSPS) is 10.1. The number of amides is 2. The highest BCUT2D eigenvalue weighted by Gasteiger charge is 2.11. The molecular formula is C21H20N2O5. The molecule has 0 radical (unpaired) electrons. The van der Waals surface area contributed by atoms with Gasteiger partial charge in [0.1, 0.15) is 11.6 Å². The van der Waals surface area contributed by atoms with Crippen molar-refractivity contribution in [3.05, 3.63) is 59.7 Å². The van der Waals surface area contributed by atoms with Crippen molar-refractivity contribution in [2.24, 2.45) is 0 Å². The fourth-order valence-corrected chi connectivity index (χ4v) is 2.44. The molecule has 2 aromatic rings. The Kier molecular flexibility index (Phi) is 6.92. The second kappa shape index (κ2) is 9.36. The first-order chi connectivity index (χ1) is 13.2. The molecule has 0 fully saturated rings. The largest absolute Gasteiger partial charge is 0.326 e. The predicted octanol–water partition coefficient (Wildman–Crippen LogP) is 2.75. The fraction of sp³-hybridized carbons (Fsp3) is 0.190. The zero-order valence-electron chi connectivity index (χ0n) is 15.6. The van der Waals surface area contributed by atoms with E-state index in [9.17, 15) is 24.0 Å². The highest BCUT2D eigenvalue weighted by molar-refractivity contribution is 6.10. The molecule has 0 saturated carbocycles. The summed E-state index contributed by atoms with van der Waals surface area (Å²) in [5, 5.41) is 5.17. The smallest absolute Gasteiger partial charge is 0.231 e. The summed E-state index contributed by atoms with van der Waals surface area (Å²) >= 11 is 0. The van der Waals surface area contributed by atoms with Crippen LogP contribution in [0.2, 0.25) is 0 Å². The summed E-state index contributed by atoms with van der Waals surface area (Å²) in [6.07, 6.45) is -0.397. The summed E-state index contributed by atoms with van der Waals surface area (Å²) in [6, 6.07) is 12.7. The number of rotatable bonds is 8. The highest BCUT2D eigenvalue weighted by Crippen LogP contribution is 2.16. The molecule has 2 amide bonds. The van der Waals surface area contributed by atoms with Gasteiger partial charge < -0.3 is 10.6 Å². The molecule has 0 heterocycles. The van der Waals surface area contributed by atoms with Crippen molar-refractivity contribution in [2.45, 2.75) is 26.7 Å². The van der Waals surface area contributed by atoms with Crippen LogP contribution in [-0.4, -0.2) is 29.2 Å². The molecule has 0 aliphatic rings. The highest BCUT2D eigenvalue weighted by atomic mass is 16.2. The van der Waals surface area contributed by atoms with Gasteiger partial charge in [-0.15, -0.1) is 0 Å². The lowest BCUT2D eigenvalue weighted by Gasteiger charge is -2.07. The van der Waals surface area contributed by atoms with Crippen LogP contribution in [0.25, 0.3) is 0 Å². The minimum Gasteiger partial charge on any atom is -0.326 e. The molecule has 0 aromatic heterocycles. The molecule has 0 atom stereocenters. The summed E-state index contributed by atoms with van der Waals surface area (Å²) in [7, 11) is 0. The number of nitrogens with one attached hydrogen (secondary N) is 2. The van der Waals surface area contributed by atoms with Gasteiger partial charge in [-0.2, -0.15) is 0 Å². The number of anilines is 2. The van der Waals surface area contributed by atoms with Gasteiger partial charge in [0.05, 0.1) is 12.8 Å². The van der Waals surface area contributed by atoms with E-state index in [0.29, 0.717) is 22.5 Å². The average molecular weight is 380 g/mol. The lowest BCUT2D eigenvalue weighted by molar-refractivity contribution is -0.125. The van der Waals surface area contributed by atoms with Crippen LogP contribution < -0.4 is 10.6 Å². The lowest BCUT2D eigenvalue weighted by Crippen LogP contribution is -2.15. The fourth-order valence-electron chi connectivity index (χ4n) is 2.44. The zero-order valence-corrected chi connectivity index (χ0v) is 15.6. The summed E-state index contributed by atoms with van der Waals surface area (Å²) in [6.45, 7) is 2.67. The van der Waals surface area contributed by atoms with E-state index in [-0.39, 0.29) is 30.2 Å². The van der Waals surface area contributed by atoms with Gasteiger partial charge in [0.15, 0.2) is 5.78 Å². The van der Waals surface area contributed by atoms with E-state index in [4.69, 9.17) is 0 Å². The molecule has 2 N–H and O–H groups in total. The third-order valence-electron chi connectivity index (χ3n) is 3.68. The topological polar surface area (TPSA) is 109 Å². The van der Waals surface area contributed by atoms with Gasteiger partial charge in [0.2, 0.25) is 11.8 Å². The number of Topliss-reactive ketones (excluding diaryl/α,β-unsaturated/α-hetero) is 2. The van der Waals surface area contributed by atoms with Crippen molar-refractivity contribution in [3.63, 3.8) is 0 Å². The molecule has 0 aliphatic heterocycles. The SMILES string of the molecule is CC(=O)CC(=O)Nc1ccc(C(=O)c2ccc(NC(=O)CC(C)=O)cc2)cc1. The van der Waals surface area contributed by atoms with E-state index in [1.54, 1.807) is 48.5 Å². The number of ketones is 3. The quantitative estimate of drug-likeness (QED) is 0.541. The minimum atomic E-state index is -0.408. The van der Waals surface area contributed by atoms with Gasteiger partial charge in [0.25, 0.3) is 0 Å². The monoisotopic (exact) mass is 380 g/mol. The number of hydrogen-bond donors (Lipinski definition) is 2. The molecule has 2 rings (SSSR count). The van der Waals surface area contributed by atoms with Crippen LogP contribution in [0.4, 0.5) is 11.4 Å². The minimum absolute atomic E-state index is 0.198. The molecule has 0 bridgehead atoms. The van der Waals surface area contributed by atoms with E-state index in [2.05, 4.69) is 10.6 Å². The first-order valence-corrected chi connectivity index (χ1v) is 8.58. The number of carbonyl (C=O) groups is 5. The lowest BCUT2D eigenvalue weighted by atomic mass is 10.0. The molecule has 144 valence electrons. The maximum atomic E-state index is 12.5. The van der Waals surface area contributed by atoms with Crippen molar-refractivity contribution in [2.75, 3.05) is 10.6 Å². The van der Waals surface area contributed by atoms with Gasteiger partial charge in [0, 0.05) is 22.5 Å². The molecule has 0 saturated heterocycles. The van der Waals surface area contributed by atoms with Crippen LogP contribution in [0.3, 0.4) is 0 Å². The first kappa shape index (κ1) is 20.7. The molecular weight excluding hydrogens is 360 g/mol. The zero-order chi connectivity index (χ0) is 20.7. The van der Waals surface area contributed by atoms with E-state index in [0.717, 1.165) is 0 Å². The third kappa shape index (κ3) is 6.28. The number of carbonyl (C=O) groups excluding carboxylic acids is 5. The Morgan fingerprint density at radius 3 is 1.21 bits per heavy atom. The molecule has 0 unspecified atom stereocenters. The van der Waals surface area contributed by atoms with Crippen molar-refractivity contribution in [1.29, 1.82) is 0 Å². The maximum absolute atomic E-state index is 12.5.